The Hall–Kier alpha value is -1.31. The lowest BCUT2D eigenvalue weighted by molar-refractivity contribution is -0.121. The fourth-order valence-electron chi connectivity index (χ4n) is 3.55. The molecule has 1 aromatic rings. The molecule has 0 saturated heterocycles. The highest BCUT2D eigenvalue weighted by molar-refractivity contribution is 5.86. The van der Waals surface area contributed by atoms with Crippen LogP contribution >= 0.6 is 0 Å². The fourth-order valence-corrected chi connectivity index (χ4v) is 3.55. The first kappa shape index (κ1) is 12.7. The first-order valence-corrected chi connectivity index (χ1v) is 7.63. The highest BCUT2D eigenvalue weighted by Crippen LogP contribution is 2.32. The Bertz CT molecular complexity index is 462. The molecule has 0 spiro atoms. The first-order valence-electron chi connectivity index (χ1n) is 7.63. The number of anilines is 1. The van der Waals surface area contributed by atoms with Crippen molar-refractivity contribution in [3.05, 3.63) is 29.8 Å². The summed E-state index contributed by atoms with van der Waals surface area (Å²) in [4.78, 5) is 14.8. The van der Waals surface area contributed by atoms with Crippen molar-refractivity contribution >= 4 is 11.5 Å². The SMILES string of the molecule is CC1CCc2ccccc2N1CC(=O)C1CCCC1. The number of carbonyl (C=O) groups excluding carboxylic acids is 1. The van der Waals surface area contributed by atoms with Crippen LogP contribution < -0.4 is 4.90 Å². The molecule has 1 atom stereocenters. The van der Waals surface area contributed by atoms with E-state index >= 15 is 0 Å². The van der Waals surface area contributed by atoms with Crippen molar-refractivity contribution in [3.63, 3.8) is 0 Å². The molecular formula is C17H23NO. The minimum Gasteiger partial charge on any atom is -0.361 e. The van der Waals surface area contributed by atoms with Crippen LogP contribution in [0.5, 0.6) is 0 Å². The highest BCUT2D eigenvalue weighted by Gasteiger charge is 2.28. The van der Waals surface area contributed by atoms with Gasteiger partial charge in [-0.05, 0) is 44.2 Å². The summed E-state index contributed by atoms with van der Waals surface area (Å²) in [7, 11) is 0. The van der Waals surface area contributed by atoms with Crippen molar-refractivity contribution in [1.29, 1.82) is 0 Å². The summed E-state index contributed by atoms with van der Waals surface area (Å²) < 4.78 is 0. The molecule has 0 aromatic heterocycles. The molecule has 19 heavy (non-hydrogen) atoms. The van der Waals surface area contributed by atoms with Crippen LogP contribution in [0.3, 0.4) is 0 Å². The van der Waals surface area contributed by atoms with Crippen molar-refractivity contribution in [2.75, 3.05) is 11.4 Å². The van der Waals surface area contributed by atoms with Gasteiger partial charge in [-0.15, -0.1) is 0 Å². The fraction of sp³-hybridized carbons (Fsp3) is 0.588. The molecule has 102 valence electrons. The summed E-state index contributed by atoms with van der Waals surface area (Å²) in [6.45, 7) is 2.86. The number of ketones is 1. The molecular weight excluding hydrogens is 234 g/mol. The van der Waals surface area contributed by atoms with Gasteiger partial charge < -0.3 is 4.90 Å². The van der Waals surface area contributed by atoms with E-state index in [-0.39, 0.29) is 0 Å². The summed E-state index contributed by atoms with van der Waals surface area (Å²) in [5.74, 6) is 0.794. The molecule has 1 aliphatic heterocycles. The number of Topliss-reactive ketones (excluding diaryl/α,β-unsaturated/α-hetero) is 1. The molecule has 1 heterocycles. The largest absolute Gasteiger partial charge is 0.361 e. The molecule has 1 saturated carbocycles. The van der Waals surface area contributed by atoms with E-state index in [1.807, 2.05) is 0 Å². The van der Waals surface area contributed by atoms with Crippen LogP contribution in [0.15, 0.2) is 24.3 Å². The number of carbonyl (C=O) groups is 1. The predicted octanol–water partition coefficient (Wildman–Crippen LogP) is 3.59. The third kappa shape index (κ3) is 2.54. The highest BCUT2D eigenvalue weighted by atomic mass is 16.1. The van der Waals surface area contributed by atoms with Crippen molar-refractivity contribution in [2.24, 2.45) is 5.92 Å². The first-order chi connectivity index (χ1) is 9.25. The molecule has 3 rings (SSSR count). The maximum absolute atomic E-state index is 12.4. The van der Waals surface area contributed by atoms with Crippen LogP contribution in [0.25, 0.3) is 0 Å². The zero-order valence-corrected chi connectivity index (χ0v) is 11.8. The van der Waals surface area contributed by atoms with E-state index in [1.54, 1.807) is 0 Å². The van der Waals surface area contributed by atoms with Gasteiger partial charge in [-0.2, -0.15) is 0 Å². The number of fused-ring (bicyclic) bond motifs is 1. The molecule has 1 fully saturated rings. The number of hydrogen-bond acceptors (Lipinski definition) is 2. The Morgan fingerprint density at radius 1 is 1.21 bits per heavy atom. The van der Waals surface area contributed by atoms with Crippen molar-refractivity contribution < 1.29 is 4.79 Å². The number of rotatable bonds is 3. The molecule has 0 amide bonds. The van der Waals surface area contributed by atoms with Gasteiger partial charge in [0.2, 0.25) is 0 Å². The summed E-state index contributed by atoms with van der Waals surface area (Å²) >= 11 is 0. The summed E-state index contributed by atoms with van der Waals surface area (Å²) in [6, 6.07) is 9.05. The van der Waals surface area contributed by atoms with Gasteiger partial charge in [0.1, 0.15) is 0 Å². The Morgan fingerprint density at radius 2 is 1.95 bits per heavy atom. The maximum atomic E-state index is 12.4. The van der Waals surface area contributed by atoms with E-state index in [0.29, 0.717) is 24.3 Å². The zero-order valence-electron chi connectivity index (χ0n) is 11.8. The minimum absolute atomic E-state index is 0.335. The van der Waals surface area contributed by atoms with E-state index in [1.165, 1.54) is 24.1 Å². The number of hydrogen-bond donors (Lipinski definition) is 0. The Kier molecular flexibility index (Phi) is 3.58. The second kappa shape index (κ2) is 5.36. The standard InChI is InChI=1S/C17H23NO/c1-13-10-11-14-6-4-5-9-16(14)18(13)12-17(19)15-7-2-3-8-15/h4-6,9,13,15H,2-3,7-8,10-12H2,1H3. The van der Waals surface area contributed by atoms with Gasteiger partial charge in [-0.3, -0.25) is 4.79 Å². The van der Waals surface area contributed by atoms with Crippen molar-refractivity contribution in [2.45, 2.75) is 51.5 Å². The molecule has 1 unspecified atom stereocenters. The molecule has 2 heteroatoms. The van der Waals surface area contributed by atoms with Gasteiger partial charge in [0.15, 0.2) is 5.78 Å². The number of nitrogens with zero attached hydrogens (tertiary/aromatic N) is 1. The monoisotopic (exact) mass is 257 g/mol. The Balaban J connectivity index is 1.77. The number of benzene rings is 1. The lowest BCUT2D eigenvalue weighted by Crippen LogP contribution is -2.42. The van der Waals surface area contributed by atoms with Crippen molar-refractivity contribution in [3.8, 4) is 0 Å². The predicted molar refractivity (Wildman–Crippen MR) is 78.5 cm³/mol. The van der Waals surface area contributed by atoms with Crippen LogP contribution in [-0.2, 0) is 11.2 Å². The van der Waals surface area contributed by atoms with Gasteiger partial charge in [-0.1, -0.05) is 31.0 Å². The average Bonchev–Trinajstić information content (AvgIpc) is 2.96. The van der Waals surface area contributed by atoms with E-state index < -0.39 is 0 Å². The van der Waals surface area contributed by atoms with Gasteiger partial charge in [0.05, 0.1) is 6.54 Å². The lowest BCUT2D eigenvalue weighted by atomic mass is 9.94. The lowest BCUT2D eigenvalue weighted by Gasteiger charge is -2.37. The summed E-state index contributed by atoms with van der Waals surface area (Å²) in [6.07, 6.45) is 7.01. The second-order valence-electron chi connectivity index (χ2n) is 6.09. The van der Waals surface area contributed by atoms with Crippen LogP contribution in [0.4, 0.5) is 5.69 Å². The normalized spacial score (nSPS) is 23.4. The van der Waals surface area contributed by atoms with Crippen LogP contribution in [0, 0.1) is 5.92 Å². The molecule has 0 N–H and O–H groups in total. The minimum atomic E-state index is 0.335. The third-order valence-electron chi connectivity index (χ3n) is 4.80. The van der Waals surface area contributed by atoms with Gasteiger partial charge in [0.25, 0.3) is 0 Å². The van der Waals surface area contributed by atoms with Gasteiger partial charge in [0, 0.05) is 17.6 Å². The maximum Gasteiger partial charge on any atom is 0.155 e. The summed E-state index contributed by atoms with van der Waals surface area (Å²) in [5, 5.41) is 0. The van der Waals surface area contributed by atoms with Crippen LogP contribution in [0.1, 0.15) is 44.6 Å². The van der Waals surface area contributed by atoms with Gasteiger partial charge in [-0.25, -0.2) is 0 Å². The van der Waals surface area contributed by atoms with Gasteiger partial charge >= 0.3 is 0 Å². The zero-order chi connectivity index (χ0) is 13.2. The molecule has 1 aromatic carbocycles. The number of aryl methyl sites for hydroxylation is 1. The number of para-hydroxylation sites is 1. The topological polar surface area (TPSA) is 20.3 Å². The molecule has 1 aliphatic carbocycles. The Labute approximate surface area is 115 Å². The smallest absolute Gasteiger partial charge is 0.155 e. The second-order valence-corrected chi connectivity index (χ2v) is 6.09. The average molecular weight is 257 g/mol. The van der Waals surface area contributed by atoms with Crippen molar-refractivity contribution in [1.82, 2.24) is 0 Å². The van der Waals surface area contributed by atoms with E-state index in [0.717, 1.165) is 25.7 Å². The van der Waals surface area contributed by atoms with E-state index in [4.69, 9.17) is 0 Å². The summed E-state index contributed by atoms with van der Waals surface area (Å²) in [5.41, 5.74) is 2.69. The van der Waals surface area contributed by atoms with E-state index in [9.17, 15) is 4.79 Å². The molecule has 0 bridgehead atoms. The van der Waals surface area contributed by atoms with Crippen LogP contribution in [-0.4, -0.2) is 18.4 Å². The Morgan fingerprint density at radius 3 is 2.74 bits per heavy atom. The molecule has 0 radical (unpaired) electrons. The quantitative estimate of drug-likeness (QED) is 0.825. The van der Waals surface area contributed by atoms with Crippen LogP contribution in [0.2, 0.25) is 0 Å². The third-order valence-corrected chi connectivity index (χ3v) is 4.80. The molecule has 2 aliphatic rings. The molecule has 2 nitrogen and oxygen atoms in total. The van der Waals surface area contributed by atoms with E-state index in [2.05, 4.69) is 36.1 Å².